The van der Waals surface area contributed by atoms with E-state index in [1.807, 2.05) is 0 Å². The van der Waals surface area contributed by atoms with Crippen LogP contribution < -0.4 is 4.74 Å². The van der Waals surface area contributed by atoms with E-state index < -0.39 is 35.7 Å². The number of carboxylic acid groups (broad SMARTS) is 1. The minimum absolute atomic E-state index is 0.00967. The molecule has 0 aliphatic rings. The lowest BCUT2D eigenvalue weighted by molar-refractivity contribution is -0.191. The number of rotatable bonds is 6. The van der Waals surface area contributed by atoms with Gasteiger partial charge in [-0.05, 0) is 43.3 Å². The lowest BCUT2D eigenvalue weighted by atomic mass is 10.1. The summed E-state index contributed by atoms with van der Waals surface area (Å²) in [5, 5.41) is 12.8. The van der Waals surface area contributed by atoms with Gasteiger partial charge in [0.15, 0.2) is 6.10 Å². The highest BCUT2D eigenvalue weighted by Crippen LogP contribution is 2.40. The molecule has 8 nitrogen and oxygen atoms in total. The number of benzene rings is 2. The number of ether oxygens (including phenoxy) is 1. The Morgan fingerprint density at radius 3 is 2.49 bits per heavy atom. The molecule has 2 aromatic carbocycles. The number of carbonyl (C=O) groups is 1. The van der Waals surface area contributed by atoms with Crippen molar-refractivity contribution in [2.75, 3.05) is 0 Å². The molecule has 14 heteroatoms. The lowest BCUT2D eigenvalue weighted by Gasteiger charge is -2.20. The monoisotopic (exact) mass is 500 g/mol. The maximum Gasteiger partial charge on any atom is 0.425 e. The minimum Gasteiger partial charge on any atom is -0.481 e. The highest BCUT2D eigenvalue weighted by molar-refractivity contribution is 5.82. The van der Waals surface area contributed by atoms with E-state index in [-0.39, 0.29) is 23.8 Å². The van der Waals surface area contributed by atoms with Gasteiger partial charge in [-0.2, -0.15) is 31.3 Å². The van der Waals surface area contributed by atoms with Gasteiger partial charge in [-0.1, -0.05) is 5.16 Å². The summed E-state index contributed by atoms with van der Waals surface area (Å²) in [5.74, 6) is -2.42. The van der Waals surface area contributed by atoms with E-state index in [1.54, 1.807) is 12.1 Å². The fraction of sp³-hybridized carbons (Fsp3) is 0.238. The van der Waals surface area contributed by atoms with Gasteiger partial charge in [0.1, 0.15) is 12.3 Å². The van der Waals surface area contributed by atoms with Gasteiger partial charge in [0.05, 0.1) is 22.9 Å². The summed E-state index contributed by atoms with van der Waals surface area (Å²) < 4.78 is 89.8. The Labute approximate surface area is 191 Å². The van der Waals surface area contributed by atoms with Crippen molar-refractivity contribution in [3.8, 4) is 28.6 Å². The predicted molar refractivity (Wildman–Crippen MR) is 107 cm³/mol. The molecule has 2 aromatic heterocycles. The second-order valence-corrected chi connectivity index (χ2v) is 7.40. The van der Waals surface area contributed by atoms with Gasteiger partial charge in [0.2, 0.25) is 5.82 Å². The molecular formula is C21H14F6N4O4. The molecule has 0 aliphatic carbocycles. The zero-order chi connectivity index (χ0) is 25.5. The number of alkyl halides is 6. The SMILES string of the molecule is CC(Oc1ccc(-c2nc(-c3ccc4ncn(CC(=O)O)c4c3)no2)cc1C(F)(F)F)C(F)(F)F. The van der Waals surface area contributed by atoms with Gasteiger partial charge in [-0.25, -0.2) is 4.98 Å². The molecule has 1 N–H and O–H groups in total. The molecule has 0 spiro atoms. The number of carboxylic acids is 1. The van der Waals surface area contributed by atoms with Gasteiger partial charge < -0.3 is 18.9 Å². The summed E-state index contributed by atoms with van der Waals surface area (Å²) in [7, 11) is 0. The van der Waals surface area contributed by atoms with Crippen molar-refractivity contribution in [2.45, 2.75) is 31.9 Å². The van der Waals surface area contributed by atoms with Crippen LogP contribution in [0.1, 0.15) is 12.5 Å². The van der Waals surface area contributed by atoms with Gasteiger partial charge in [0.25, 0.3) is 5.89 Å². The first-order valence-electron chi connectivity index (χ1n) is 9.78. The van der Waals surface area contributed by atoms with Gasteiger partial charge in [0, 0.05) is 11.1 Å². The second-order valence-electron chi connectivity index (χ2n) is 7.40. The molecular weight excluding hydrogens is 486 g/mol. The van der Waals surface area contributed by atoms with Crippen molar-refractivity contribution in [3.63, 3.8) is 0 Å². The fourth-order valence-electron chi connectivity index (χ4n) is 3.17. The summed E-state index contributed by atoms with van der Waals surface area (Å²) >= 11 is 0. The number of nitrogens with zero attached hydrogens (tertiary/aromatic N) is 4. The van der Waals surface area contributed by atoms with Crippen LogP contribution in [0.5, 0.6) is 5.75 Å². The number of imidazole rings is 1. The number of hydrogen-bond acceptors (Lipinski definition) is 6. The van der Waals surface area contributed by atoms with E-state index in [0.29, 0.717) is 29.6 Å². The molecule has 0 saturated carbocycles. The van der Waals surface area contributed by atoms with Gasteiger partial charge >= 0.3 is 18.3 Å². The maximum atomic E-state index is 13.5. The number of halogens is 6. The van der Waals surface area contributed by atoms with Crippen LogP contribution in [-0.2, 0) is 17.5 Å². The minimum atomic E-state index is -5.02. The standard InChI is InChI=1S/C21H14F6N4O4/c1-10(20(22,23)24)34-16-5-3-12(6-13(16)21(25,26)27)19-29-18(30-35-19)11-2-4-14-15(7-11)31(9-28-14)8-17(32)33/h2-7,9-10H,8H2,1H3,(H,32,33). The van der Waals surface area contributed by atoms with Crippen LogP contribution in [-0.4, -0.2) is 43.0 Å². The van der Waals surface area contributed by atoms with Crippen LogP contribution >= 0.6 is 0 Å². The first-order chi connectivity index (χ1) is 16.3. The van der Waals surface area contributed by atoms with E-state index in [1.165, 1.54) is 17.0 Å². The number of fused-ring (bicyclic) bond motifs is 1. The van der Waals surface area contributed by atoms with Crippen LogP contribution in [0, 0.1) is 0 Å². The number of hydrogen-bond donors (Lipinski definition) is 1. The van der Waals surface area contributed by atoms with E-state index in [9.17, 15) is 31.1 Å². The first-order valence-corrected chi connectivity index (χ1v) is 9.78. The third kappa shape index (κ3) is 5.05. The van der Waals surface area contributed by atoms with Crippen molar-refractivity contribution in [1.29, 1.82) is 0 Å². The molecule has 0 aliphatic heterocycles. The maximum absolute atomic E-state index is 13.5. The van der Waals surface area contributed by atoms with Gasteiger partial charge in [-0.3, -0.25) is 4.79 Å². The Hall–Kier alpha value is -4.10. The third-order valence-electron chi connectivity index (χ3n) is 4.91. The van der Waals surface area contributed by atoms with Crippen molar-refractivity contribution in [1.82, 2.24) is 19.7 Å². The highest BCUT2D eigenvalue weighted by Gasteiger charge is 2.41. The topological polar surface area (TPSA) is 103 Å². The molecule has 4 aromatic rings. The Morgan fingerprint density at radius 2 is 1.83 bits per heavy atom. The van der Waals surface area contributed by atoms with Crippen LogP contribution in [0.2, 0.25) is 0 Å². The summed E-state index contributed by atoms with van der Waals surface area (Å²) in [6.07, 6.45) is -11.0. The zero-order valence-corrected chi connectivity index (χ0v) is 17.6. The first kappa shape index (κ1) is 24.0. The Morgan fingerprint density at radius 1 is 1.11 bits per heavy atom. The molecule has 0 saturated heterocycles. The lowest BCUT2D eigenvalue weighted by Crippen LogP contribution is -2.31. The number of aromatic nitrogens is 4. The van der Waals surface area contributed by atoms with Crippen molar-refractivity contribution in [2.24, 2.45) is 0 Å². The Bertz CT molecular complexity index is 1390. The molecule has 184 valence electrons. The van der Waals surface area contributed by atoms with Crippen molar-refractivity contribution >= 4 is 17.0 Å². The average Bonchev–Trinajstić information content (AvgIpc) is 3.40. The quantitative estimate of drug-likeness (QED) is 0.364. The molecule has 0 bridgehead atoms. The molecule has 1 atom stereocenters. The van der Waals surface area contributed by atoms with Gasteiger partial charge in [-0.15, -0.1) is 0 Å². The molecule has 0 radical (unpaired) electrons. The van der Waals surface area contributed by atoms with Crippen molar-refractivity contribution < 1.29 is 45.5 Å². The zero-order valence-electron chi connectivity index (χ0n) is 17.6. The second kappa shape index (κ2) is 8.60. The predicted octanol–water partition coefficient (Wildman–Crippen LogP) is 5.19. The molecule has 2 heterocycles. The van der Waals surface area contributed by atoms with Crippen molar-refractivity contribution in [3.05, 3.63) is 48.3 Å². The number of aliphatic carboxylic acids is 1. The normalized spacial score (nSPS) is 13.2. The highest BCUT2D eigenvalue weighted by atomic mass is 19.4. The molecule has 1 unspecified atom stereocenters. The molecule has 0 fully saturated rings. The smallest absolute Gasteiger partial charge is 0.425 e. The average molecular weight is 500 g/mol. The van der Waals surface area contributed by atoms with E-state index in [4.69, 9.17) is 9.63 Å². The van der Waals surface area contributed by atoms with E-state index in [2.05, 4.69) is 19.9 Å². The fourth-order valence-corrected chi connectivity index (χ4v) is 3.17. The van der Waals surface area contributed by atoms with E-state index >= 15 is 0 Å². The largest absolute Gasteiger partial charge is 0.481 e. The summed E-state index contributed by atoms with van der Waals surface area (Å²) in [6.45, 7) is 0.247. The molecule has 4 rings (SSSR count). The van der Waals surface area contributed by atoms with Crippen LogP contribution in [0.25, 0.3) is 33.9 Å². The van der Waals surface area contributed by atoms with Crippen LogP contribution in [0.15, 0.2) is 47.2 Å². The van der Waals surface area contributed by atoms with Crippen LogP contribution in [0.4, 0.5) is 26.3 Å². The molecule has 35 heavy (non-hydrogen) atoms. The summed E-state index contributed by atoms with van der Waals surface area (Å²) in [4.78, 5) is 19.2. The summed E-state index contributed by atoms with van der Waals surface area (Å²) in [6, 6.07) is 7.05. The Balaban J connectivity index is 1.68. The Kier molecular flexibility index (Phi) is 5.90. The summed E-state index contributed by atoms with van der Waals surface area (Å²) in [5.41, 5.74) is -0.312. The molecule has 0 amide bonds. The third-order valence-corrected chi connectivity index (χ3v) is 4.91. The van der Waals surface area contributed by atoms with E-state index in [0.717, 1.165) is 12.1 Å². The van der Waals surface area contributed by atoms with Crippen LogP contribution in [0.3, 0.4) is 0 Å².